The smallest absolute Gasteiger partial charge is 0.191 e. The Balaban J connectivity index is 1.49. The lowest BCUT2D eigenvalue weighted by molar-refractivity contribution is 0.548. The van der Waals surface area contributed by atoms with Crippen molar-refractivity contribution in [2.45, 2.75) is 17.8 Å². The Morgan fingerprint density at radius 2 is 2.04 bits per heavy atom. The van der Waals surface area contributed by atoms with Gasteiger partial charge in [-0.05, 0) is 31.2 Å². The Bertz CT molecular complexity index is 1050. The molecule has 1 aromatic carbocycles. The summed E-state index contributed by atoms with van der Waals surface area (Å²) in [6.07, 6.45) is 0. The highest BCUT2D eigenvalue weighted by Gasteiger charge is 2.15. The van der Waals surface area contributed by atoms with E-state index in [-0.39, 0.29) is 0 Å². The van der Waals surface area contributed by atoms with Crippen molar-refractivity contribution < 1.29 is 4.42 Å². The fourth-order valence-corrected chi connectivity index (χ4v) is 4.40. The molecule has 0 saturated carbocycles. The fourth-order valence-electron chi connectivity index (χ4n) is 2.49. The zero-order valence-electron chi connectivity index (χ0n) is 14.1. The van der Waals surface area contributed by atoms with Crippen molar-refractivity contribution in [2.24, 2.45) is 7.05 Å². The second kappa shape index (κ2) is 7.26. The van der Waals surface area contributed by atoms with Crippen molar-refractivity contribution in [3.05, 3.63) is 58.3 Å². The Kier molecular flexibility index (Phi) is 4.84. The van der Waals surface area contributed by atoms with Crippen molar-refractivity contribution in [3.8, 4) is 22.2 Å². The summed E-state index contributed by atoms with van der Waals surface area (Å²) in [5.74, 6) is 3.16. The molecular formula is C18H15ClN4OS2. The summed E-state index contributed by atoms with van der Waals surface area (Å²) in [5.41, 5.74) is 1.87. The molecule has 0 N–H and O–H groups in total. The van der Waals surface area contributed by atoms with E-state index in [2.05, 4.69) is 15.2 Å². The topological polar surface area (TPSA) is 56.7 Å². The van der Waals surface area contributed by atoms with E-state index in [1.807, 2.05) is 60.3 Å². The summed E-state index contributed by atoms with van der Waals surface area (Å²) in [5, 5.41) is 13.0. The molecule has 0 aliphatic heterocycles. The third-order valence-electron chi connectivity index (χ3n) is 3.80. The van der Waals surface area contributed by atoms with Gasteiger partial charge in [0.1, 0.15) is 5.76 Å². The maximum atomic E-state index is 6.27. The van der Waals surface area contributed by atoms with E-state index in [0.29, 0.717) is 10.8 Å². The summed E-state index contributed by atoms with van der Waals surface area (Å²) in [4.78, 5) is 4.64. The maximum Gasteiger partial charge on any atom is 0.191 e. The number of hydrogen-bond acceptors (Lipinski definition) is 6. The van der Waals surface area contributed by atoms with Crippen LogP contribution in [-0.4, -0.2) is 19.7 Å². The first-order valence-corrected chi connectivity index (χ1v) is 10.1. The minimum Gasteiger partial charge on any atom is -0.459 e. The van der Waals surface area contributed by atoms with E-state index >= 15 is 0 Å². The number of rotatable bonds is 5. The molecule has 0 aliphatic rings. The van der Waals surface area contributed by atoms with Crippen LogP contribution in [0.4, 0.5) is 0 Å². The summed E-state index contributed by atoms with van der Waals surface area (Å²) >= 11 is 9.45. The van der Waals surface area contributed by atoms with Gasteiger partial charge in [0, 0.05) is 23.7 Å². The SMILES string of the molecule is Cc1ccc(-c2nc(CSc3nnc(-c4ccccc4Cl)n3C)cs2)o1. The maximum absolute atomic E-state index is 6.27. The largest absolute Gasteiger partial charge is 0.459 e. The molecule has 4 aromatic rings. The molecule has 3 heterocycles. The Labute approximate surface area is 164 Å². The number of benzene rings is 1. The minimum absolute atomic E-state index is 0.664. The van der Waals surface area contributed by atoms with E-state index in [1.165, 1.54) is 0 Å². The molecule has 0 aliphatic carbocycles. The average Bonchev–Trinajstić information content (AvgIpc) is 3.34. The molecule has 0 saturated heterocycles. The molecule has 0 fully saturated rings. The number of furan rings is 1. The number of aryl methyl sites for hydroxylation is 1. The number of hydrogen-bond donors (Lipinski definition) is 0. The van der Waals surface area contributed by atoms with Gasteiger partial charge >= 0.3 is 0 Å². The molecule has 0 bridgehead atoms. The van der Waals surface area contributed by atoms with E-state index in [0.717, 1.165) is 38.8 Å². The number of thiazole rings is 1. The first-order chi connectivity index (χ1) is 12.6. The minimum atomic E-state index is 0.664. The van der Waals surface area contributed by atoms with E-state index in [1.54, 1.807) is 23.1 Å². The van der Waals surface area contributed by atoms with Gasteiger partial charge in [0.05, 0.1) is 10.7 Å². The molecular weight excluding hydrogens is 388 g/mol. The van der Waals surface area contributed by atoms with Crippen LogP contribution in [0.3, 0.4) is 0 Å². The molecule has 0 atom stereocenters. The van der Waals surface area contributed by atoms with Gasteiger partial charge in [-0.3, -0.25) is 0 Å². The van der Waals surface area contributed by atoms with Crippen LogP contribution in [0.15, 0.2) is 51.4 Å². The average molecular weight is 403 g/mol. The predicted octanol–water partition coefficient (Wildman–Crippen LogP) is 5.45. The highest BCUT2D eigenvalue weighted by atomic mass is 35.5. The fraction of sp³-hybridized carbons (Fsp3) is 0.167. The van der Waals surface area contributed by atoms with E-state index < -0.39 is 0 Å². The Morgan fingerprint density at radius 3 is 2.81 bits per heavy atom. The molecule has 0 radical (unpaired) electrons. The van der Waals surface area contributed by atoms with Crippen molar-refractivity contribution >= 4 is 34.7 Å². The van der Waals surface area contributed by atoms with Gasteiger partial charge < -0.3 is 8.98 Å². The van der Waals surface area contributed by atoms with Crippen molar-refractivity contribution in [1.29, 1.82) is 0 Å². The van der Waals surface area contributed by atoms with Crippen LogP contribution in [0.1, 0.15) is 11.5 Å². The summed E-state index contributed by atoms with van der Waals surface area (Å²) < 4.78 is 7.58. The van der Waals surface area contributed by atoms with Crippen LogP contribution in [0.2, 0.25) is 5.02 Å². The first-order valence-electron chi connectivity index (χ1n) is 7.90. The van der Waals surface area contributed by atoms with Crippen LogP contribution in [0, 0.1) is 6.92 Å². The third-order valence-corrected chi connectivity index (χ3v) is 6.09. The van der Waals surface area contributed by atoms with Crippen LogP contribution in [0.5, 0.6) is 0 Å². The van der Waals surface area contributed by atoms with Crippen molar-refractivity contribution in [3.63, 3.8) is 0 Å². The second-order valence-corrected chi connectivity index (χ2v) is 7.90. The normalized spacial score (nSPS) is 11.2. The standard InChI is InChI=1S/C18H15ClN4OS2/c1-11-7-8-15(24-11)17-20-12(9-25-17)10-26-18-22-21-16(23(18)2)13-5-3-4-6-14(13)19/h3-9H,10H2,1-2H3. The zero-order chi connectivity index (χ0) is 18.1. The quantitative estimate of drug-likeness (QED) is 0.415. The van der Waals surface area contributed by atoms with Crippen molar-refractivity contribution in [2.75, 3.05) is 0 Å². The van der Waals surface area contributed by atoms with Crippen LogP contribution in [-0.2, 0) is 12.8 Å². The number of thioether (sulfide) groups is 1. The molecule has 0 spiro atoms. The van der Waals surface area contributed by atoms with E-state index in [9.17, 15) is 0 Å². The second-order valence-electron chi connectivity index (χ2n) is 5.69. The summed E-state index contributed by atoms with van der Waals surface area (Å²) in [6.45, 7) is 1.93. The van der Waals surface area contributed by atoms with Crippen LogP contribution in [0.25, 0.3) is 22.2 Å². The van der Waals surface area contributed by atoms with Crippen molar-refractivity contribution in [1.82, 2.24) is 19.7 Å². The molecule has 0 amide bonds. The molecule has 4 rings (SSSR count). The summed E-state index contributed by atoms with van der Waals surface area (Å²) in [6, 6.07) is 11.5. The van der Waals surface area contributed by atoms with Crippen LogP contribution < -0.4 is 0 Å². The molecule has 0 unspecified atom stereocenters. The van der Waals surface area contributed by atoms with Gasteiger partial charge in [0.25, 0.3) is 0 Å². The molecule has 5 nitrogen and oxygen atoms in total. The number of aromatic nitrogens is 4. The van der Waals surface area contributed by atoms with Gasteiger partial charge in [-0.1, -0.05) is 35.5 Å². The highest BCUT2D eigenvalue weighted by Crippen LogP contribution is 2.31. The van der Waals surface area contributed by atoms with Gasteiger partial charge in [0.2, 0.25) is 0 Å². The number of nitrogens with zero attached hydrogens (tertiary/aromatic N) is 4. The molecule has 132 valence electrons. The van der Waals surface area contributed by atoms with Gasteiger partial charge in [-0.2, -0.15) is 0 Å². The zero-order valence-corrected chi connectivity index (χ0v) is 16.5. The Morgan fingerprint density at radius 1 is 1.19 bits per heavy atom. The van der Waals surface area contributed by atoms with E-state index in [4.69, 9.17) is 16.0 Å². The summed E-state index contributed by atoms with van der Waals surface area (Å²) in [7, 11) is 1.94. The molecule has 26 heavy (non-hydrogen) atoms. The third kappa shape index (κ3) is 3.42. The van der Waals surface area contributed by atoms with Crippen LogP contribution >= 0.6 is 34.7 Å². The molecule has 8 heteroatoms. The van der Waals surface area contributed by atoms with Gasteiger partial charge in [-0.15, -0.1) is 21.5 Å². The lowest BCUT2D eigenvalue weighted by atomic mass is 10.2. The lowest BCUT2D eigenvalue weighted by Gasteiger charge is -2.04. The highest BCUT2D eigenvalue weighted by molar-refractivity contribution is 7.98. The predicted molar refractivity (Wildman–Crippen MR) is 106 cm³/mol. The monoisotopic (exact) mass is 402 g/mol. The first kappa shape index (κ1) is 17.3. The van der Waals surface area contributed by atoms with Gasteiger partial charge in [0.15, 0.2) is 21.7 Å². The lowest BCUT2D eigenvalue weighted by Crippen LogP contribution is -1.95. The molecule has 3 aromatic heterocycles. The number of halogens is 1. The Hall–Kier alpha value is -2.09. The van der Waals surface area contributed by atoms with Gasteiger partial charge in [-0.25, -0.2) is 4.98 Å².